The number of benzene rings is 1. The van der Waals surface area contributed by atoms with Gasteiger partial charge in [-0.25, -0.2) is 0 Å². The summed E-state index contributed by atoms with van der Waals surface area (Å²) in [6.07, 6.45) is 0. The van der Waals surface area contributed by atoms with E-state index >= 15 is 0 Å². The molecule has 0 heterocycles. The lowest BCUT2D eigenvalue weighted by atomic mass is 10.1. The van der Waals surface area contributed by atoms with Gasteiger partial charge in [0.2, 0.25) is 0 Å². The van der Waals surface area contributed by atoms with Crippen molar-refractivity contribution in [3.63, 3.8) is 0 Å². The van der Waals surface area contributed by atoms with Gasteiger partial charge in [-0.05, 0) is 6.07 Å². The fraction of sp³-hybridized carbons (Fsp3) is 0.222. The molecule has 0 aliphatic heterocycles. The zero-order valence-corrected chi connectivity index (χ0v) is 9.71. The molecule has 0 aliphatic rings. The van der Waals surface area contributed by atoms with E-state index in [2.05, 4.69) is 0 Å². The second-order valence-electron chi connectivity index (χ2n) is 2.82. The van der Waals surface area contributed by atoms with Crippen molar-refractivity contribution in [2.45, 2.75) is 0 Å². The number of methoxy groups -OCH3 is 1. The number of hydrogen-bond donors (Lipinski definition) is 0. The van der Waals surface area contributed by atoms with E-state index in [4.69, 9.17) is 27.9 Å². The molecule has 0 saturated heterocycles. The smallest absolute Gasteiger partial charge is 0.291 e. The number of nitro benzene ring substituents is 1. The van der Waals surface area contributed by atoms with Crippen LogP contribution in [0.4, 0.5) is 5.69 Å². The number of ketones is 1. The van der Waals surface area contributed by atoms with Crippen molar-refractivity contribution in [3.05, 3.63) is 32.8 Å². The Bertz CT molecular complexity index is 447. The molecule has 0 unspecified atom stereocenters. The summed E-state index contributed by atoms with van der Waals surface area (Å²) in [7, 11) is 1.30. The number of hydrogen-bond acceptors (Lipinski definition) is 4. The lowest BCUT2D eigenvalue weighted by Crippen LogP contribution is -2.04. The van der Waals surface area contributed by atoms with Crippen molar-refractivity contribution >= 4 is 34.7 Å². The maximum absolute atomic E-state index is 11.4. The first-order valence-corrected chi connectivity index (χ1v) is 5.03. The monoisotopic (exact) mass is 263 g/mol. The molecule has 5 nitrogen and oxygen atoms in total. The maximum atomic E-state index is 11.4. The minimum Gasteiger partial charge on any atom is -0.496 e. The lowest BCUT2D eigenvalue weighted by molar-refractivity contribution is -0.384. The highest BCUT2D eigenvalue weighted by molar-refractivity contribution is 6.34. The molecule has 0 radical (unpaired) electrons. The van der Waals surface area contributed by atoms with Crippen molar-refractivity contribution < 1.29 is 14.5 Å². The summed E-state index contributed by atoms with van der Waals surface area (Å²) in [6, 6.07) is 2.28. The third kappa shape index (κ3) is 2.43. The Labute approximate surface area is 101 Å². The number of nitro groups is 1. The molecule has 0 amide bonds. The number of carbonyl (C=O) groups is 1. The normalized spacial score (nSPS) is 9.94. The molecule has 7 heteroatoms. The molecule has 0 atom stereocenters. The Morgan fingerprint density at radius 2 is 2.19 bits per heavy atom. The van der Waals surface area contributed by atoms with Gasteiger partial charge in [0, 0.05) is 0 Å². The quantitative estimate of drug-likeness (QED) is 0.363. The molecule has 0 aliphatic carbocycles. The van der Waals surface area contributed by atoms with Crippen LogP contribution in [0.15, 0.2) is 12.1 Å². The lowest BCUT2D eigenvalue weighted by Gasteiger charge is -2.06. The first kappa shape index (κ1) is 12.7. The zero-order chi connectivity index (χ0) is 12.3. The van der Waals surface area contributed by atoms with Crippen LogP contribution < -0.4 is 4.74 Å². The minimum atomic E-state index is -0.653. The van der Waals surface area contributed by atoms with Crippen molar-refractivity contribution in [3.8, 4) is 5.75 Å². The molecule has 0 aromatic heterocycles. The molecule has 0 bridgehead atoms. The van der Waals surface area contributed by atoms with Gasteiger partial charge in [-0.2, -0.15) is 0 Å². The van der Waals surface area contributed by atoms with Gasteiger partial charge in [0.15, 0.2) is 5.78 Å². The first-order chi connectivity index (χ1) is 7.51. The second kappa shape index (κ2) is 5.14. The molecule has 0 N–H and O–H groups in total. The molecule has 1 aromatic carbocycles. The number of rotatable bonds is 4. The molecule has 16 heavy (non-hydrogen) atoms. The Morgan fingerprint density at radius 1 is 1.56 bits per heavy atom. The van der Waals surface area contributed by atoms with Gasteiger partial charge in [0.25, 0.3) is 5.69 Å². The SMILES string of the molecule is COc1cc([N+](=O)[O-])c(Cl)cc1C(=O)CCl. The van der Waals surface area contributed by atoms with Gasteiger partial charge in [-0.1, -0.05) is 11.6 Å². The Morgan fingerprint density at radius 3 is 2.62 bits per heavy atom. The van der Waals surface area contributed by atoms with Gasteiger partial charge in [-0.15, -0.1) is 11.6 Å². The van der Waals surface area contributed by atoms with E-state index < -0.39 is 10.7 Å². The van der Waals surface area contributed by atoms with E-state index in [1.54, 1.807) is 0 Å². The topological polar surface area (TPSA) is 69.4 Å². The standard InChI is InChI=1S/C9H7Cl2NO4/c1-16-9-3-7(12(14)15)6(11)2-5(9)8(13)4-10/h2-3H,4H2,1H3. The number of Topliss-reactive ketones (excluding diaryl/α,β-unsaturated/α-hetero) is 1. The first-order valence-electron chi connectivity index (χ1n) is 4.12. The minimum absolute atomic E-state index is 0.0850. The van der Waals surface area contributed by atoms with Crippen LogP contribution in [0.5, 0.6) is 5.75 Å². The fourth-order valence-electron chi connectivity index (χ4n) is 1.14. The van der Waals surface area contributed by atoms with Crippen molar-refractivity contribution in [1.82, 2.24) is 0 Å². The average molecular weight is 264 g/mol. The number of ether oxygens (including phenoxy) is 1. The largest absolute Gasteiger partial charge is 0.496 e. The number of alkyl halides is 1. The van der Waals surface area contributed by atoms with Crippen LogP contribution >= 0.6 is 23.2 Å². The summed E-state index contributed by atoms with van der Waals surface area (Å²) in [5.74, 6) is -0.568. The highest BCUT2D eigenvalue weighted by Gasteiger charge is 2.20. The molecule has 0 spiro atoms. The highest BCUT2D eigenvalue weighted by Crippen LogP contribution is 2.32. The summed E-state index contributed by atoms with van der Waals surface area (Å²) in [4.78, 5) is 21.3. The van der Waals surface area contributed by atoms with Crippen LogP contribution in [-0.2, 0) is 0 Å². The van der Waals surface area contributed by atoms with Crippen LogP contribution in [0, 0.1) is 10.1 Å². The predicted molar refractivity (Wildman–Crippen MR) is 59.7 cm³/mol. The van der Waals surface area contributed by atoms with E-state index in [9.17, 15) is 14.9 Å². The molecular formula is C9H7Cl2NO4. The Hall–Kier alpha value is -1.33. The number of nitrogens with zero attached hydrogens (tertiary/aromatic N) is 1. The van der Waals surface area contributed by atoms with Crippen LogP contribution in [0.3, 0.4) is 0 Å². The van der Waals surface area contributed by atoms with Gasteiger partial charge >= 0.3 is 0 Å². The summed E-state index contributed by atoms with van der Waals surface area (Å²) >= 11 is 11.0. The molecule has 0 fully saturated rings. The van der Waals surface area contributed by atoms with Crippen LogP contribution in [-0.4, -0.2) is 23.7 Å². The highest BCUT2D eigenvalue weighted by atomic mass is 35.5. The number of carbonyl (C=O) groups excluding carboxylic acids is 1. The van der Waals surface area contributed by atoms with Gasteiger partial charge < -0.3 is 4.74 Å². The summed E-state index contributed by atoms with van der Waals surface area (Å²) in [5.41, 5.74) is -0.183. The Balaban J connectivity index is 3.37. The number of halogens is 2. The third-order valence-corrected chi connectivity index (χ3v) is 2.43. The van der Waals surface area contributed by atoms with Crippen molar-refractivity contribution in [2.24, 2.45) is 0 Å². The van der Waals surface area contributed by atoms with E-state index in [0.29, 0.717) is 0 Å². The summed E-state index contributed by atoms with van der Waals surface area (Å²) in [6.45, 7) is 0. The molecule has 86 valence electrons. The van der Waals surface area contributed by atoms with E-state index in [1.165, 1.54) is 13.2 Å². The van der Waals surface area contributed by atoms with E-state index in [1.807, 2.05) is 0 Å². The van der Waals surface area contributed by atoms with E-state index in [-0.39, 0.29) is 27.9 Å². The maximum Gasteiger partial charge on any atom is 0.291 e. The van der Waals surface area contributed by atoms with Gasteiger partial charge in [0.1, 0.15) is 10.8 Å². The van der Waals surface area contributed by atoms with Crippen LogP contribution in [0.25, 0.3) is 0 Å². The van der Waals surface area contributed by atoms with Crippen molar-refractivity contribution in [1.29, 1.82) is 0 Å². The van der Waals surface area contributed by atoms with E-state index in [0.717, 1.165) is 6.07 Å². The predicted octanol–water partition coefficient (Wildman–Crippen LogP) is 2.68. The Kier molecular flexibility index (Phi) is 4.09. The second-order valence-corrected chi connectivity index (χ2v) is 3.49. The zero-order valence-electron chi connectivity index (χ0n) is 8.20. The summed E-state index contributed by atoms with van der Waals surface area (Å²) in [5, 5.41) is 10.5. The van der Waals surface area contributed by atoms with Crippen LogP contribution in [0.1, 0.15) is 10.4 Å². The molecule has 1 rings (SSSR count). The van der Waals surface area contributed by atoms with Gasteiger partial charge in [-0.3, -0.25) is 14.9 Å². The summed E-state index contributed by atoms with van der Waals surface area (Å²) < 4.78 is 4.87. The molecule has 1 aromatic rings. The third-order valence-electron chi connectivity index (χ3n) is 1.89. The fourth-order valence-corrected chi connectivity index (χ4v) is 1.52. The average Bonchev–Trinajstić information content (AvgIpc) is 2.27. The van der Waals surface area contributed by atoms with Gasteiger partial charge in [0.05, 0.1) is 29.5 Å². The van der Waals surface area contributed by atoms with Crippen molar-refractivity contribution in [2.75, 3.05) is 13.0 Å². The molecular weight excluding hydrogens is 257 g/mol. The van der Waals surface area contributed by atoms with Crippen LogP contribution in [0.2, 0.25) is 5.02 Å². The molecule has 0 saturated carbocycles.